The lowest BCUT2D eigenvalue weighted by Gasteiger charge is -2.13. The number of amides is 1. The van der Waals surface area contributed by atoms with E-state index >= 15 is 0 Å². The summed E-state index contributed by atoms with van der Waals surface area (Å²) in [5.74, 6) is -1.13. The molecule has 0 aromatic heterocycles. The first-order valence-electron chi connectivity index (χ1n) is 6.38. The number of benzene rings is 1. The summed E-state index contributed by atoms with van der Waals surface area (Å²) in [6.45, 7) is 0. The molecule has 1 aromatic carbocycles. The van der Waals surface area contributed by atoms with Crippen LogP contribution in [-0.2, 0) is 9.59 Å². The van der Waals surface area contributed by atoms with Crippen molar-refractivity contribution in [3.05, 3.63) is 23.2 Å². The maximum Gasteiger partial charge on any atom is 0.306 e. The molecule has 0 spiro atoms. The molecule has 1 aliphatic rings. The van der Waals surface area contributed by atoms with Crippen LogP contribution < -0.4 is 10.1 Å². The maximum atomic E-state index is 12.1. The van der Waals surface area contributed by atoms with E-state index in [9.17, 15) is 9.59 Å². The molecule has 1 aliphatic carbocycles. The van der Waals surface area contributed by atoms with Gasteiger partial charge in [0.25, 0.3) is 0 Å². The molecule has 2 rings (SSSR count). The molecule has 20 heavy (non-hydrogen) atoms. The van der Waals surface area contributed by atoms with Crippen LogP contribution in [0.5, 0.6) is 5.75 Å². The Morgan fingerprint density at radius 3 is 2.65 bits per heavy atom. The topological polar surface area (TPSA) is 75.6 Å². The molecule has 0 aliphatic heterocycles. The normalized spacial score (nSPS) is 21.5. The number of methoxy groups -OCH3 is 1. The Kier molecular flexibility index (Phi) is 4.49. The van der Waals surface area contributed by atoms with Gasteiger partial charge in [-0.15, -0.1) is 0 Å². The zero-order valence-electron chi connectivity index (χ0n) is 11.1. The molecule has 108 valence electrons. The van der Waals surface area contributed by atoms with Crippen molar-refractivity contribution < 1.29 is 19.4 Å². The Morgan fingerprint density at radius 1 is 1.35 bits per heavy atom. The summed E-state index contributed by atoms with van der Waals surface area (Å²) in [6, 6.07) is 4.99. The third-order valence-corrected chi connectivity index (χ3v) is 3.91. The predicted octanol–water partition coefficient (Wildman–Crippen LogP) is 2.79. The lowest BCUT2D eigenvalue weighted by atomic mass is 10.0. The lowest BCUT2D eigenvalue weighted by molar-refractivity contribution is -0.141. The highest BCUT2D eigenvalue weighted by Crippen LogP contribution is 2.33. The predicted molar refractivity (Wildman–Crippen MR) is 75.1 cm³/mol. The number of rotatable bonds is 4. The minimum absolute atomic E-state index is 0.191. The highest BCUT2D eigenvalue weighted by molar-refractivity contribution is 6.33. The number of carboxylic acids is 1. The van der Waals surface area contributed by atoms with Crippen molar-refractivity contribution in [1.29, 1.82) is 0 Å². The fourth-order valence-electron chi connectivity index (χ4n) is 2.41. The van der Waals surface area contributed by atoms with E-state index in [2.05, 4.69) is 5.32 Å². The van der Waals surface area contributed by atoms with Gasteiger partial charge < -0.3 is 15.2 Å². The van der Waals surface area contributed by atoms with Crippen molar-refractivity contribution in [1.82, 2.24) is 0 Å². The van der Waals surface area contributed by atoms with E-state index in [1.807, 2.05) is 0 Å². The van der Waals surface area contributed by atoms with Crippen LogP contribution in [0.25, 0.3) is 0 Å². The summed E-state index contributed by atoms with van der Waals surface area (Å²) in [5, 5.41) is 12.1. The number of ether oxygens (including phenoxy) is 1. The number of carboxylic acid groups (broad SMARTS) is 1. The van der Waals surface area contributed by atoms with Crippen LogP contribution in [0.15, 0.2) is 18.2 Å². The standard InChI is InChI=1S/C14H16ClNO4/c1-20-10-4-5-11(15)12(7-10)16-13(17)8-2-3-9(6-8)14(18)19/h4-5,7-9H,2-3,6H2,1H3,(H,16,17)(H,18,19). The summed E-state index contributed by atoms with van der Waals surface area (Å²) in [7, 11) is 1.53. The maximum absolute atomic E-state index is 12.1. The van der Waals surface area contributed by atoms with Crippen molar-refractivity contribution in [3.8, 4) is 5.75 Å². The first-order valence-corrected chi connectivity index (χ1v) is 6.76. The molecule has 1 aromatic rings. The molecular weight excluding hydrogens is 282 g/mol. The molecule has 2 N–H and O–H groups in total. The Balaban J connectivity index is 2.03. The summed E-state index contributed by atoms with van der Waals surface area (Å²) in [4.78, 5) is 23.0. The zero-order valence-corrected chi connectivity index (χ0v) is 11.8. The van der Waals surface area contributed by atoms with Gasteiger partial charge in [0.05, 0.1) is 23.7 Å². The van der Waals surface area contributed by atoms with E-state index in [-0.39, 0.29) is 11.8 Å². The number of hydrogen-bond donors (Lipinski definition) is 2. The van der Waals surface area contributed by atoms with Crippen molar-refractivity contribution in [3.63, 3.8) is 0 Å². The van der Waals surface area contributed by atoms with Crippen LogP contribution in [0.1, 0.15) is 19.3 Å². The van der Waals surface area contributed by atoms with Gasteiger partial charge in [-0.05, 0) is 31.4 Å². The van der Waals surface area contributed by atoms with E-state index in [4.69, 9.17) is 21.4 Å². The molecule has 0 bridgehead atoms. The molecule has 2 atom stereocenters. The lowest BCUT2D eigenvalue weighted by Crippen LogP contribution is -2.21. The Morgan fingerprint density at radius 2 is 2.05 bits per heavy atom. The van der Waals surface area contributed by atoms with Gasteiger partial charge in [0.15, 0.2) is 0 Å². The van der Waals surface area contributed by atoms with Crippen LogP contribution in [-0.4, -0.2) is 24.1 Å². The monoisotopic (exact) mass is 297 g/mol. The zero-order chi connectivity index (χ0) is 14.7. The fourth-order valence-corrected chi connectivity index (χ4v) is 2.57. The van der Waals surface area contributed by atoms with Crippen LogP contribution in [0, 0.1) is 11.8 Å². The van der Waals surface area contributed by atoms with Gasteiger partial charge in [0, 0.05) is 12.0 Å². The Hall–Kier alpha value is -1.75. The summed E-state index contributed by atoms with van der Waals surface area (Å²) >= 11 is 6.02. The number of hydrogen-bond acceptors (Lipinski definition) is 3. The first kappa shape index (κ1) is 14.7. The molecule has 1 amide bonds. The smallest absolute Gasteiger partial charge is 0.306 e. The molecule has 1 fully saturated rings. The van der Waals surface area contributed by atoms with E-state index < -0.39 is 11.9 Å². The average molecular weight is 298 g/mol. The average Bonchev–Trinajstić information content (AvgIpc) is 2.91. The van der Waals surface area contributed by atoms with Gasteiger partial charge >= 0.3 is 5.97 Å². The number of halogens is 1. The molecule has 0 saturated heterocycles. The van der Waals surface area contributed by atoms with Crippen molar-refractivity contribution >= 4 is 29.2 Å². The van der Waals surface area contributed by atoms with Crippen molar-refractivity contribution in [2.45, 2.75) is 19.3 Å². The number of carbonyl (C=O) groups excluding carboxylic acids is 1. The quantitative estimate of drug-likeness (QED) is 0.896. The minimum atomic E-state index is -0.834. The minimum Gasteiger partial charge on any atom is -0.497 e. The van der Waals surface area contributed by atoms with Gasteiger partial charge in [0.1, 0.15) is 5.75 Å². The molecule has 2 unspecified atom stereocenters. The second-order valence-electron chi connectivity index (χ2n) is 4.88. The van der Waals surface area contributed by atoms with Gasteiger partial charge in [-0.25, -0.2) is 0 Å². The van der Waals surface area contributed by atoms with Crippen LogP contribution in [0.2, 0.25) is 5.02 Å². The highest BCUT2D eigenvalue weighted by Gasteiger charge is 2.33. The van der Waals surface area contributed by atoms with E-state index in [1.165, 1.54) is 7.11 Å². The largest absolute Gasteiger partial charge is 0.497 e. The number of aliphatic carboxylic acids is 1. The SMILES string of the molecule is COc1ccc(Cl)c(NC(=O)C2CCC(C(=O)O)C2)c1. The molecule has 6 heteroatoms. The van der Waals surface area contributed by atoms with E-state index in [1.54, 1.807) is 18.2 Å². The van der Waals surface area contributed by atoms with Crippen molar-refractivity contribution in [2.75, 3.05) is 12.4 Å². The molecule has 5 nitrogen and oxygen atoms in total. The number of nitrogens with one attached hydrogen (secondary N) is 1. The second-order valence-corrected chi connectivity index (χ2v) is 5.29. The van der Waals surface area contributed by atoms with Crippen molar-refractivity contribution in [2.24, 2.45) is 11.8 Å². The van der Waals surface area contributed by atoms with Crippen LogP contribution in [0.4, 0.5) is 5.69 Å². The van der Waals surface area contributed by atoms with Gasteiger partial charge in [-0.2, -0.15) is 0 Å². The Labute approximate surface area is 121 Å². The summed E-state index contributed by atoms with van der Waals surface area (Å²) in [6.07, 6.45) is 1.51. The molecular formula is C14H16ClNO4. The van der Waals surface area contributed by atoms with E-state index in [0.717, 1.165) is 0 Å². The Bertz CT molecular complexity index is 532. The summed E-state index contributed by atoms with van der Waals surface area (Å²) < 4.78 is 5.08. The van der Waals surface area contributed by atoms with Gasteiger partial charge in [-0.1, -0.05) is 11.6 Å². The molecule has 1 saturated carbocycles. The highest BCUT2D eigenvalue weighted by atomic mass is 35.5. The van der Waals surface area contributed by atoms with E-state index in [0.29, 0.717) is 35.7 Å². The van der Waals surface area contributed by atoms with Crippen LogP contribution >= 0.6 is 11.6 Å². The van der Waals surface area contributed by atoms with Crippen LogP contribution in [0.3, 0.4) is 0 Å². The van der Waals surface area contributed by atoms with Gasteiger partial charge in [0.2, 0.25) is 5.91 Å². The third-order valence-electron chi connectivity index (χ3n) is 3.58. The fraction of sp³-hybridized carbons (Fsp3) is 0.429. The number of carbonyl (C=O) groups is 2. The summed E-state index contributed by atoms with van der Waals surface area (Å²) in [5.41, 5.74) is 0.481. The molecule has 0 radical (unpaired) electrons. The van der Waals surface area contributed by atoms with Gasteiger partial charge in [-0.3, -0.25) is 9.59 Å². The second kappa shape index (κ2) is 6.13. The molecule has 0 heterocycles. The first-order chi connectivity index (χ1) is 9.51. The number of anilines is 1. The third kappa shape index (κ3) is 3.22.